The Balaban J connectivity index is 2.12. The van der Waals surface area contributed by atoms with Crippen LogP contribution in [0.4, 0.5) is 4.39 Å². The highest BCUT2D eigenvalue weighted by molar-refractivity contribution is 5.22. The fourth-order valence-electron chi connectivity index (χ4n) is 3.48. The molecule has 2 nitrogen and oxygen atoms in total. The van der Waals surface area contributed by atoms with Crippen LogP contribution < -0.4 is 5.73 Å². The summed E-state index contributed by atoms with van der Waals surface area (Å²) >= 11 is 0. The van der Waals surface area contributed by atoms with Gasteiger partial charge in [-0.3, -0.25) is 4.90 Å². The molecule has 118 valence electrons. The van der Waals surface area contributed by atoms with Crippen LogP contribution in [0, 0.1) is 17.7 Å². The number of hydrogen-bond acceptors (Lipinski definition) is 2. The van der Waals surface area contributed by atoms with Crippen molar-refractivity contribution >= 4 is 0 Å². The lowest BCUT2D eigenvalue weighted by Crippen LogP contribution is -2.45. The molecular weight excluding hydrogens is 263 g/mol. The topological polar surface area (TPSA) is 29.3 Å². The Labute approximate surface area is 128 Å². The van der Waals surface area contributed by atoms with Crippen molar-refractivity contribution in [3.05, 3.63) is 35.6 Å². The lowest BCUT2D eigenvalue weighted by molar-refractivity contribution is 0.0992. The summed E-state index contributed by atoms with van der Waals surface area (Å²) in [5.74, 6) is 1.41. The Morgan fingerprint density at radius 3 is 2.24 bits per heavy atom. The second kappa shape index (κ2) is 7.37. The zero-order valence-corrected chi connectivity index (χ0v) is 13.6. The molecule has 0 spiro atoms. The van der Waals surface area contributed by atoms with Crippen molar-refractivity contribution in [2.75, 3.05) is 13.1 Å². The maximum absolute atomic E-state index is 13.2. The van der Waals surface area contributed by atoms with Gasteiger partial charge < -0.3 is 5.73 Å². The first-order valence-electron chi connectivity index (χ1n) is 8.28. The number of benzene rings is 1. The van der Waals surface area contributed by atoms with Crippen molar-refractivity contribution in [3.8, 4) is 0 Å². The third-order valence-electron chi connectivity index (χ3n) is 5.00. The highest BCUT2D eigenvalue weighted by Gasteiger charge is 2.30. The van der Waals surface area contributed by atoms with Gasteiger partial charge in [-0.2, -0.15) is 0 Å². The average Bonchev–Trinajstić information content (AvgIpc) is 2.49. The van der Waals surface area contributed by atoms with Crippen molar-refractivity contribution in [3.63, 3.8) is 0 Å². The van der Waals surface area contributed by atoms with Gasteiger partial charge in [0, 0.05) is 12.1 Å². The molecule has 0 amide bonds. The van der Waals surface area contributed by atoms with Crippen molar-refractivity contribution in [2.24, 2.45) is 17.6 Å². The van der Waals surface area contributed by atoms with Gasteiger partial charge >= 0.3 is 0 Å². The van der Waals surface area contributed by atoms with Gasteiger partial charge in [0.25, 0.3) is 0 Å². The van der Waals surface area contributed by atoms with E-state index in [1.807, 2.05) is 12.1 Å². The van der Waals surface area contributed by atoms with Crippen LogP contribution in [0.2, 0.25) is 0 Å². The molecule has 1 fully saturated rings. The summed E-state index contributed by atoms with van der Waals surface area (Å²) in [5, 5.41) is 0. The van der Waals surface area contributed by atoms with Crippen LogP contribution in [0.5, 0.6) is 0 Å². The molecule has 2 unspecified atom stereocenters. The van der Waals surface area contributed by atoms with Crippen LogP contribution in [0.3, 0.4) is 0 Å². The summed E-state index contributed by atoms with van der Waals surface area (Å²) < 4.78 is 13.2. The first-order valence-corrected chi connectivity index (χ1v) is 8.28. The van der Waals surface area contributed by atoms with Crippen LogP contribution in [-0.4, -0.2) is 24.0 Å². The molecule has 1 aliphatic rings. The van der Waals surface area contributed by atoms with Gasteiger partial charge in [-0.25, -0.2) is 4.39 Å². The first kappa shape index (κ1) is 16.4. The number of rotatable bonds is 5. The van der Waals surface area contributed by atoms with E-state index in [1.54, 1.807) is 12.1 Å². The van der Waals surface area contributed by atoms with E-state index in [4.69, 9.17) is 5.73 Å². The van der Waals surface area contributed by atoms with Crippen molar-refractivity contribution in [2.45, 2.75) is 52.1 Å². The molecule has 0 bridgehead atoms. The number of hydrogen-bond donors (Lipinski definition) is 1. The smallest absolute Gasteiger partial charge is 0.123 e. The quantitative estimate of drug-likeness (QED) is 0.889. The Morgan fingerprint density at radius 1 is 1.19 bits per heavy atom. The van der Waals surface area contributed by atoms with E-state index in [-0.39, 0.29) is 17.9 Å². The predicted octanol–water partition coefficient (Wildman–Crippen LogP) is 3.97. The summed E-state index contributed by atoms with van der Waals surface area (Å²) in [6, 6.07) is 7.19. The number of nitrogens with two attached hydrogens (primary N) is 1. The SMILES string of the molecule is CCC(N)C(c1ccc(F)cc1)N1CCC(C(C)C)CC1. The monoisotopic (exact) mass is 292 g/mol. The van der Waals surface area contributed by atoms with Crippen molar-refractivity contribution in [1.29, 1.82) is 0 Å². The van der Waals surface area contributed by atoms with E-state index in [1.165, 1.54) is 12.8 Å². The zero-order valence-electron chi connectivity index (χ0n) is 13.6. The van der Waals surface area contributed by atoms with E-state index in [2.05, 4.69) is 25.7 Å². The third-order valence-corrected chi connectivity index (χ3v) is 5.00. The molecule has 1 aromatic carbocycles. The highest BCUT2D eigenvalue weighted by atomic mass is 19.1. The van der Waals surface area contributed by atoms with E-state index in [0.717, 1.165) is 36.9 Å². The van der Waals surface area contributed by atoms with E-state index in [9.17, 15) is 4.39 Å². The minimum atomic E-state index is -0.180. The fraction of sp³-hybridized carbons (Fsp3) is 0.667. The third kappa shape index (κ3) is 4.04. The number of piperidine rings is 1. The minimum Gasteiger partial charge on any atom is -0.326 e. The van der Waals surface area contributed by atoms with Gasteiger partial charge in [0.1, 0.15) is 5.82 Å². The molecule has 2 rings (SSSR count). The van der Waals surface area contributed by atoms with Crippen molar-refractivity contribution < 1.29 is 4.39 Å². The zero-order chi connectivity index (χ0) is 15.4. The molecule has 0 aliphatic carbocycles. The average molecular weight is 292 g/mol. The molecule has 1 aromatic rings. The predicted molar refractivity (Wildman–Crippen MR) is 86.5 cm³/mol. The molecule has 2 atom stereocenters. The summed E-state index contributed by atoms with van der Waals surface area (Å²) in [7, 11) is 0. The molecule has 2 N–H and O–H groups in total. The molecule has 0 aromatic heterocycles. The first-order chi connectivity index (χ1) is 10.0. The molecule has 0 radical (unpaired) electrons. The lowest BCUT2D eigenvalue weighted by atomic mass is 9.85. The van der Waals surface area contributed by atoms with E-state index in [0.29, 0.717) is 0 Å². The largest absolute Gasteiger partial charge is 0.326 e. The molecule has 1 saturated heterocycles. The van der Waals surface area contributed by atoms with E-state index >= 15 is 0 Å². The maximum Gasteiger partial charge on any atom is 0.123 e. The van der Waals surface area contributed by atoms with Gasteiger partial charge in [0.15, 0.2) is 0 Å². The molecule has 1 aliphatic heterocycles. The van der Waals surface area contributed by atoms with Crippen LogP contribution >= 0.6 is 0 Å². The fourth-order valence-corrected chi connectivity index (χ4v) is 3.48. The van der Waals surface area contributed by atoms with Gasteiger partial charge in [0.2, 0.25) is 0 Å². The number of halogens is 1. The lowest BCUT2D eigenvalue weighted by Gasteiger charge is -2.41. The summed E-state index contributed by atoms with van der Waals surface area (Å²) in [5.41, 5.74) is 7.52. The van der Waals surface area contributed by atoms with Gasteiger partial charge in [-0.15, -0.1) is 0 Å². The second-order valence-corrected chi connectivity index (χ2v) is 6.69. The normalized spacial score (nSPS) is 20.7. The Morgan fingerprint density at radius 2 is 1.76 bits per heavy atom. The summed E-state index contributed by atoms with van der Waals surface area (Å²) in [6.07, 6.45) is 3.42. The summed E-state index contributed by atoms with van der Waals surface area (Å²) in [4.78, 5) is 2.50. The van der Waals surface area contributed by atoms with Gasteiger partial charge in [0.05, 0.1) is 0 Å². The van der Waals surface area contributed by atoms with Crippen LogP contribution in [0.25, 0.3) is 0 Å². The standard InChI is InChI=1S/C18H29FN2/c1-4-17(20)18(15-5-7-16(19)8-6-15)21-11-9-14(10-12-21)13(2)3/h5-8,13-14,17-18H,4,9-12,20H2,1-3H3. The number of likely N-dealkylation sites (tertiary alicyclic amines) is 1. The second-order valence-electron chi connectivity index (χ2n) is 6.69. The number of nitrogens with zero attached hydrogens (tertiary/aromatic N) is 1. The highest BCUT2D eigenvalue weighted by Crippen LogP contribution is 2.32. The molecule has 3 heteroatoms. The Kier molecular flexibility index (Phi) is 5.77. The Hall–Kier alpha value is -0.930. The molecular formula is C18H29FN2. The van der Waals surface area contributed by atoms with E-state index < -0.39 is 0 Å². The maximum atomic E-state index is 13.2. The van der Waals surface area contributed by atoms with Crippen LogP contribution in [0.15, 0.2) is 24.3 Å². The van der Waals surface area contributed by atoms with Gasteiger partial charge in [-0.05, 0) is 61.9 Å². The van der Waals surface area contributed by atoms with Crippen LogP contribution in [-0.2, 0) is 0 Å². The van der Waals surface area contributed by atoms with Crippen molar-refractivity contribution in [1.82, 2.24) is 4.90 Å². The minimum absolute atomic E-state index is 0.103. The molecule has 0 saturated carbocycles. The molecule has 21 heavy (non-hydrogen) atoms. The van der Waals surface area contributed by atoms with Gasteiger partial charge in [-0.1, -0.05) is 32.9 Å². The van der Waals surface area contributed by atoms with Crippen LogP contribution in [0.1, 0.15) is 51.6 Å². The molecule has 1 heterocycles. The summed E-state index contributed by atoms with van der Waals surface area (Å²) in [6.45, 7) is 8.95. The Bertz CT molecular complexity index is 421.